The fraction of sp³-hybridized carbons (Fsp3) is 0.353. The molecule has 1 heterocycles. The summed E-state index contributed by atoms with van der Waals surface area (Å²) < 4.78 is 5.37. The zero-order chi connectivity index (χ0) is 13.8. The molecule has 1 N–H and O–H groups in total. The third kappa shape index (κ3) is 3.10. The summed E-state index contributed by atoms with van der Waals surface area (Å²) in [5.74, 6) is 1.42. The molecule has 104 valence electrons. The number of hydrogen-bond donors (Lipinski definition) is 1. The number of nitrogens with one attached hydrogen (secondary N) is 1. The third-order valence-electron chi connectivity index (χ3n) is 3.60. The normalized spacial score (nSPS) is 15.7. The molecule has 0 radical (unpaired) electrons. The summed E-state index contributed by atoms with van der Waals surface area (Å²) in [5, 5.41) is 3.61. The van der Waals surface area contributed by atoms with Gasteiger partial charge >= 0.3 is 0 Å². The Labute approximate surface area is 120 Å². The fourth-order valence-electron chi connectivity index (χ4n) is 2.44. The van der Waals surface area contributed by atoms with E-state index in [9.17, 15) is 0 Å². The molecule has 1 aromatic carbocycles. The summed E-state index contributed by atoms with van der Waals surface area (Å²) in [5.41, 5.74) is 2.40. The molecule has 0 saturated heterocycles. The van der Waals surface area contributed by atoms with Crippen LogP contribution in [0, 0.1) is 5.92 Å². The van der Waals surface area contributed by atoms with Crippen LogP contribution in [0.1, 0.15) is 31.4 Å². The standard InChI is InChI=1S/C17H20N2O/c1-2-20-16-11-10-15(12-18-16)19-17(14-8-9-14)13-6-4-3-5-7-13/h3-7,10-12,14,17,19H,2,8-9H2,1H3. The number of pyridine rings is 1. The van der Waals surface area contributed by atoms with Crippen LogP contribution in [0.2, 0.25) is 0 Å². The van der Waals surface area contributed by atoms with E-state index in [-0.39, 0.29) is 0 Å². The van der Waals surface area contributed by atoms with Crippen molar-refractivity contribution in [3.05, 3.63) is 54.2 Å². The molecule has 1 saturated carbocycles. The van der Waals surface area contributed by atoms with E-state index in [0.29, 0.717) is 18.5 Å². The highest BCUT2D eigenvalue weighted by Gasteiger charge is 2.32. The van der Waals surface area contributed by atoms with E-state index in [4.69, 9.17) is 4.74 Å². The number of aromatic nitrogens is 1. The first-order chi connectivity index (χ1) is 9.86. The summed E-state index contributed by atoms with van der Waals surface area (Å²) in [6, 6.07) is 15.0. The van der Waals surface area contributed by atoms with Gasteiger partial charge in [-0.1, -0.05) is 30.3 Å². The van der Waals surface area contributed by atoms with Crippen LogP contribution < -0.4 is 10.1 Å². The Kier molecular flexibility index (Phi) is 3.86. The third-order valence-corrected chi connectivity index (χ3v) is 3.60. The van der Waals surface area contributed by atoms with E-state index in [1.54, 1.807) is 0 Å². The SMILES string of the molecule is CCOc1ccc(NC(c2ccccc2)C2CC2)cn1. The van der Waals surface area contributed by atoms with Crippen LogP contribution in [0.25, 0.3) is 0 Å². The first-order valence-corrected chi connectivity index (χ1v) is 7.27. The number of nitrogens with zero attached hydrogens (tertiary/aromatic N) is 1. The first kappa shape index (κ1) is 13.0. The van der Waals surface area contributed by atoms with Gasteiger partial charge in [-0.25, -0.2) is 4.98 Å². The van der Waals surface area contributed by atoms with Gasteiger partial charge in [-0.2, -0.15) is 0 Å². The monoisotopic (exact) mass is 268 g/mol. The highest BCUT2D eigenvalue weighted by molar-refractivity contribution is 5.45. The minimum absolute atomic E-state index is 0.385. The van der Waals surface area contributed by atoms with Crippen LogP contribution in [-0.2, 0) is 0 Å². The van der Waals surface area contributed by atoms with E-state index in [2.05, 4.69) is 40.6 Å². The van der Waals surface area contributed by atoms with Gasteiger partial charge < -0.3 is 10.1 Å². The van der Waals surface area contributed by atoms with Crippen molar-refractivity contribution in [3.8, 4) is 5.88 Å². The second-order valence-corrected chi connectivity index (χ2v) is 5.19. The lowest BCUT2D eigenvalue weighted by atomic mass is 10.0. The van der Waals surface area contributed by atoms with Gasteiger partial charge in [0.25, 0.3) is 0 Å². The quantitative estimate of drug-likeness (QED) is 0.858. The fourth-order valence-corrected chi connectivity index (χ4v) is 2.44. The van der Waals surface area contributed by atoms with Gasteiger partial charge in [-0.15, -0.1) is 0 Å². The molecule has 1 aliphatic rings. The summed E-state index contributed by atoms with van der Waals surface area (Å²) in [4.78, 5) is 4.31. The number of anilines is 1. The Balaban J connectivity index is 1.73. The van der Waals surface area contributed by atoms with Crippen molar-refractivity contribution in [3.63, 3.8) is 0 Å². The number of ether oxygens (including phenoxy) is 1. The van der Waals surface area contributed by atoms with Crippen molar-refractivity contribution >= 4 is 5.69 Å². The van der Waals surface area contributed by atoms with Crippen molar-refractivity contribution in [1.29, 1.82) is 0 Å². The van der Waals surface area contributed by atoms with Crippen LogP contribution >= 0.6 is 0 Å². The zero-order valence-corrected chi connectivity index (χ0v) is 11.8. The lowest BCUT2D eigenvalue weighted by Gasteiger charge is -2.20. The minimum Gasteiger partial charge on any atom is -0.478 e. The largest absolute Gasteiger partial charge is 0.478 e. The van der Waals surface area contributed by atoms with Crippen molar-refractivity contribution in [1.82, 2.24) is 4.98 Å². The predicted octanol–water partition coefficient (Wildman–Crippen LogP) is 4.04. The topological polar surface area (TPSA) is 34.1 Å². The Bertz CT molecular complexity index is 535. The molecule has 1 aliphatic carbocycles. The van der Waals surface area contributed by atoms with E-state index in [1.165, 1.54) is 18.4 Å². The molecule has 1 atom stereocenters. The van der Waals surface area contributed by atoms with Crippen molar-refractivity contribution in [2.75, 3.05) is 11.9 Å². The van der Waals surface area contributed by atoms with Crippen LogP contribution in [0.3, 0.4) is 0 Å². The molecule has 1 fully saturated rings. The second kappa shape index (κ2) is 5.95. The van der Waals surface area contributed by atoms with E-state index in [0.717, 1.165) is 11.6 Å². The van der Waals surface area contributed by atoms with Crippen LogP contribution in [0.15, 0.2) is 48.7 Å². The van der Waals surface area contributed by atoms with Crippen molar-refractivity contribution < 1.29 is 4.74 Å². The Morgan fingerprint density at radius 1 is 1.20 bits per heavy atom. The zero-order valence-electron chi connectivity index (χ0n) is 11.8. The Hall–Kier alpha value is -2.03. The van der Waals surface area contributed by atoms with E-state index >= 15 is 0 Å². The summed E-state index contributed by atoms with van der Waals surface area (Å²) >= 11 is 0. The van der Waals surface area contributed by atoms with Crippen LogP contribution in [0.5, 0.6) is 5.88 Å². The minimum atomic E-state index is 0.385. The molecule has 0 amide bonds. The first-order valence-electron chi connectivity index (χ1n) is 7.27. The van der Waals surface area contributed by atoms with Crippen LogP contribution in [0.4, 0.5) is 5.69 Å². The maximum atomic E-state index is 5.37. The van der Waals surface area contributed by atoms with Gasteiger partial charge in [0.05, 0.1) is 24.5 Å². The molecule has 1 unspecified atom stereocenters. The molecule has 2 aromatic rings. The molecule has 20 heavy (non-hydrogen) atoms. The van der Waals surface area contributed by atoms with Gasteiger partial charge in [0, 0.05) is 6.07 Å². The van der Waals surface area contributed by atoms with Crippen molar-refractivity contribution in [2.24, 2.45) is 5.92 Å². The predicted molar refractivity (Wildman–Crippen MR) is 80.9 cm³/mol. The van der Waals surface area contributed by atoms with Crippen molar-refractivity contribution in [2.45, 2.75) is 25.8 Å². The van der Waals surface area contributed by atoms with Gasteiger partial charge in [0.2, 0.25) is 5.88 Å². The van der Waals surface area contributed by atoms with Gasteiger partial charge in [-0.05, 0) is 37.3 Å². The maximum absolute atomic E-state index is 5.37. The lowest BCUT2D eigenvalue weighted by molar-refractivity contribution is 0.327. The molecule has 3 nitrogen and oxygen atoms in total. The number of hydrogen-bond acceptors (Lipinski definition) is 3. The van der Waals surface area contributed by atoms with Crippen LogP contribution in [-0.4, -0.2) is 11.6 Å². The molecular weight excluding hydrogens is 248 g/mol. The van der Waals surface area contributed by atoms with Gasteiger partial charge in [-0.3, -0.25) is 0 Å². The lowest BCUT2D eigenvalue weighted by Crippen LogP contribution is -2.13. The Morgan fingerprint density at radius 2 is 2.00 bits per heavy atom. The summed E-state index contributed by atoms with van der Waals surface area (Å²) in [6.45, 7) is 2.61. The average molecular weight is 268 g/mol. The molecule has 0 spiro atoms. The Morgan fingerprint density at radius 3 is 2.60 bits per heavy atom. The smallest absolute Gasteiger partial charge is 0.213 e. The van der Waals surface area contributed by atoms with E-state index in [1.807, 2.05) is 25.3 Å². The number of rotatable bonds is 6. The van der Waals surface area contributed by atoms with Gasteiger partial charge in [0.1, 0.15) is 0 Å². The van der Waals surface area contributed by atoms with Gasteiger partial charge in [0.15, 0.2) is 0 Å². The highest BCUT2D eigenvalue weighted by Crippen LogP contribution is 2.42. The van der Waals surface area contributed by atoms with E-state index < -0.39 is 0 Å². The molecule has 3 heteroatoms. The summed E-state index contributed by atoms with van der Waals surface area (Å²) in [6.07, 6.45) is 4.46. The average Bonchev–Trinajstić information content (AvgIpc) is 3.32. The maximum Gasteiger partial charge on any atom is 0.213 e. The molecule has 0 aliphatic heterocycles. The summed E-state index contributed by atoms with van der Waals surface area (Å²) in [7, 11) is 0. The highest BCUT2D eigenvalue weighted by atomic mass is 16.5. The molecule has 3 rings (SSSR count). The number of benzene rings is 1. The molecule has 1 aromatic heterocycles. The molecule has 0 bridgehead atoms. The molecular formula is C17H20N2O. The second-order valence-electron chi connectivity index (χ2n) is 5.19.